The summed E-state index contributed by atoms with van der Waals surface area (Å²) in [5, 5.41) is 0. The molecule has 94 valence electrons. The van der Waals surface area contributed by atoms with Crippen molar-refractivity contribution in [1.82, 2.24) is 4.98 Å². The van der Waals surface area contributed by atoms with Crippen LogP contribution in [0.2, 0.25) is 0 Å². The molecule has 0 fully saturated rings. The van der Waals surface area contributed by atoms with E-state index in [4.69, 9.17) is 5.73 Å². The molecule has 2 N–H and O–H groups in total. The van der Waals surface area contributed by atoms with E-state index in [-0.39, 0.29) is 5.82 Å². The predicted molar refractivity (Wildman–Crippen MR) is 66.8 cm³/mol. The molecule has 0 atom stereocenters. The van der Waals surface area contributed by atoms with E-state index in [1.54, 1.807) is 12.1 Å². The van der Waals surface area contributed by atoms with E-state index in [9.17, 15) is 13.2 Å². The molecule has 0 aliphatic rings. The summed E-state index contributed by atoms with van der Waals surface area (Å²) < 4.78 is 38.5. The summed E-state index contributed by atoms with van der Waals surface area (Å²) in [4.78, 5) is 3.87. The molecular formula is C12H8BrF3N2. The lowest BCUT2D eigenvalue weighted by atomic mass is 10.0. The minimum Gasteiger partial charge on any atom is -0.383 e. The summed E-state index contributed by atoms with van der Waals surface area (Å²) in [6.07, 6.45) is -2.89. The van der Waals surface area contributed by atoms with E-state index in [1.165, 1.54) is 12.3 Å². The number of benzene rings is 1. The molecule has 0 saturated carbocycles. The van der Waals surface area contributed by atoms with Gasteiger partial charge >= 0.3 is 6.18 Å². The van der Waals surface area contributed by atoms with Crippen molar-refractivity contribution in [3.8, 4) is 11.1 Å². The molecule has 0 unspecified atom stereocenters. The summed E-state index contributed by atoms with van der Waals surface area (Å²) in [6, 6.07) is 6.61. The van der Waals surface area contributed by atoms with Gasteiger partial charge in [-0.3, -0.25) is 0 Å². The number of aromatic nitrogens is 1. The van der Waals surface area contributed by atoms with Gasteiger partial charge in [-0.1, -0.05) is 12.1 Å². The average molecular weight is 317 g/mol. The molecule has 0 aliphatic heterocycles. The van der Waals surface area contributed by atoms with E-state index in [0.717, 1.165) is 12.1 Å². The van der Waals surface area contributed by atoms with Gasteiger partial charge < -0.3 is 5.73 Å². The lowest BCUT2D eigenvalue weighted by Crippen LogP contribution is -2.05. The Hall–Kier alpha value is -1.56. The molecule has 0 radical (unpaired) electrons. The number of anilines is 1. The van der Waals surface area contributed by atoms with Crippen molar-refractivity contribution in [2.75, 3.05) is 5.73 Å². The lowest BCUT2D eigenvalue weighted by molar-refractivity contribution is -0.137. The van der Waals surface area contributed by atoms with Crippen LogP contribution >= 0.6 is 15.9 Å². The summed E-state index contributed by atoms with van der Waals surface area (Å²) in [6.45, 7) is 0. The molecule has 0 aliphatic carbocycles. The van der Waals surface area contributed by atoms with Crippen LogP contribution < -0.4 is 5.73 Å². The molecule has 0 bridgehead atoms. The van der Waals surface area contributed by atoms with Gasteiger partial charge in [-0.2, -0.15) is 13.2 Å². The molecule has 0 spiro atoms. The minimum atomic E-state index is -4.38. The maximum absolute atomic E-state index is 12.6. The Kier molecular flexibility index (Phi) is 3.30. The predicted octanol–water partition coefficient (Wildman–Crippen LogP) is 4.11. The van der Waals surface area contributed by atoms with Gasteiger partial charge in [0.1, 0.15) is 5.82 Å². The summed E-state index contributed by atoms with van der Waals surface area (Å²) >= 11 is 3.26. The second kappa shape index (κ2) is 4.61. The first-order valence-corrected chi connectivity index (χ1v) is 5.76. The summed E-state index contributed by atoms with van der Waals surface area (Å²) in [5.41, 5.74) is 5.82. The number of nitrogen functional groups attached to an aromatic ring is 1. The Morgan fingerprint density at radius 3 is 2.50 bits per heavy atom. The van der Waals surface area contributed by atoms with E-state index in [1.807, 2.05) is 0 Å². The molecule has 0 saturated heterocycles. The van der Waals surface area contributed by atoms with E-state index >= 15 is 0 Å². The topological polar surface area (TPSA) is 38.9 Å². The second-order valence-electron chi connectivity index (χ2n) is 3.63. The number of pyridine rings is 1. The standard InChI is InChI=1S/C12H8BrF3N2/c13-9-4-5-18-11(17)10(9)7-2-1-3-8(6-7)12(14,15)16/h1-6H,(H2,17,18). The first-order valence-electron chi connectivity index (χ1n) is 4.97. The normalized spacial score (nSPS) is 11.6. The zero-order chi connectivity index (χ0) is 13.3. The summed E-state index contributed by atoms with van der Waals surface area (Å²) in [7, 11) is 0. The number of hydrogen-bond donors (Lipinski definition) is 1. The molecule has 18 heavy (non-hydrogen) atoms. The Morgan fingerprint density at radius 2 is 1.89 bits per heavy atom. The number of alkyl halides is 3. The van der Waals surface area contributed by atoms with Crippen LogP contribution in [0, 0.1) is 0 Å². The first-order chi connectivity index (χ1) is 8.39. The molecule has 2 aromatic rings. The Labute approximate surface area is 110 Å². The highest BCUT2D eigenvalue weighted by molar-refractivity contribution is 9.10. The average Bonchev–Trinajstić information content (AvgIpc) is 2.28. The van der Waals surface area contributed by atoms with Gasteiger partial charge in [-0.15, -0.1) is 0 Å². The highest BCUT2D eigenvalue weighted by Crippen LogP contribution is 2.36. The number of rotatable bonds is 1. The van der Waals surface area contributed by atoms with Gasteiger partial charge in [0.15, 0.2) is 0 Å². The van der Waals surface area contributed by atoms with Crippen molar-refractivity contribution < 1.29 is 13.2 Å². The van der Waals surface area contributed by atoms with Gasteiger partial charge in [0.2, 0.25) is 0 Å². The number of nitrogens with two attached hydrogens (primary N) is 1. The minimum absolute atomic E-state index is 0.184. The smallest absolute Gasteiger partial charge is 0.383 e. The van der Waals surface area contributed by atoms with Crippen molar-refractivity contribution in [3.63, 3.8) is 0 Å². The third-order valence-electron chi connectivity index (χ3n) is 2.41. The molecule has 1 aromatic carbocycles. The fourth-order valence-electron chi connectivity index (χ4n) is 1.59. The van der Waals surface area contributed by atoms with Crippen molar-refractivity contribution in [2.45, 2.75) is 6.18 Å². The molecule has 1 heterocycles. The van der Waals surface area contributed by atoms with Gasteiger partial charge in [0.25, 0.3) is 0 Å². The fraction of sp³-hybridized carbons (Fsp3) is 0.0833. The second-order valence-corrected chi connectivity index (χ2v) is 4.49. The van der Waals surface area contributed by atoms with Crippen molar-refractivity contribution in [3.05, 3.63) is 46.6 Å². The lowest BCUT2D eigenvalue weighted by Gasteiger charge is -2.11. The van der Waals surface area contributed by atoms with Gasteiger partial charge in [0.05, 0.1) is 5.56 Å². The number of nitrogens with zero attached hydrogens (tertiary/aromatic N) is 1. The van der Waals surface area contributed by atoms with Crippen molar-refractivity contribution in [2.24, 2.45) is 0 Å². The van der Waals surface area contributed by atoms with Crippen LogP contribution in [0.5, 0.6) is 0 Å². The van der Waals surface area contributed by atoms with E-state index in [0.29, 0.717) is 15.6 Å². The Balaban J connectivity index is 2.59. The number of hydrogen-bond acceptors (Lipinski definition) is 2. The van der Waals surface area contributed by atoms with Crippen molar-refractivity contribution >= 4 is 21.7 Å². The zero-order valence-electron chi connectivity index (χ0n) is 9.00. The van der Waals surface area contributed by atoms with Crippen LogP contribution in [0.15, 0.2) is 41.0 Å². The zero-order valence-corrected chi connectivity index (χ0v) is 10.6. The van der Waals surface area contributed by atoms with Crippen molar-refractivity contribution in [1.29, 1.82) is 0 Å². The maximum Gasteiger partial charge on any atom is 0.416 e. The third kappa shape index (κ3) is 2.48. The van der Waals surface area contributed by atoms with E-state index in [2.05, 4.69) is 20.9 Å². The number of halogens is 4. The molecule has 0 amide bonds. The van der Waals surface area contributed by atoms with E-state index < -0.39 is 11.7 Å². The molecule has 2 nitrogen and oxygen atoms in total. The monoisotopic (exact) mass is 316 g/mol. The van der Waals surface area contributed by atoms with Crippen LogP contribution in [-0.4, -0.2) is 4.98 Å². The highest BCUT2D eigenvalue weighted by atomic mass is 79.9. The van der Waals surface area contributed by atoms with Gasteiger partial charge in [0, 0.05) is 16.2 Å². The fourth-order valence-corrected chi connectivity index (χ4v) is 2.14. The third-order valence-corrected chi connectivity index (χ3v) is 3.07. The van der Waals surface area contributed by atoms with Crippen LogP contribution in [0.4, 0.5) is 19.0 Å². The van der Waals surface area contributed by atoms with Gasteiger partial charge in [-0.25, -0.2) is 4.98 Å². The Morgan fingerprint density at radius 1 is 1.17 bits per heavy atom. The quantitative estimate of drug-likeness (QED) is 0.859. The van der Waals surface area contributed by atoms with Crippen LogP contribution in [-0.2, 0) is 6.18 Å². The summed E-state index contributed by atoms with van der Waals surface area (Å²) in [5.74, 6) is 0.184. The largest absolute Gasteiger partial charge is 0.416 e. The molecular weight excluding hydrogens is 309 g/mol. The first kappa shape index (κ1) is 12.9. The highest BCUT2D eigenvalue weighted by Gasteiger charge is 2.30. The molecule has 1 aromatic heterocycles. The van der Waals surface area contributed by atoms with Crippen LogP contribution in [0.1, 0.15) is 5.56 Å². The molecule has 2 rings (SSSR count). The molecule has 6 heteroatoms. The van der Waals surface area contributed by atoms with Gasteiger partial charge in [-0.05, 0) is 39.7 Å². The van der Waals surface area contributed by atoms with Crippen LogP contribution in [0.25, 0.3) is 11.1 Å². The Bertz CT molecular complexity index is 562. The maximum atomic E-state index is 12.6. The van der Waals surface area contributed by atoms with Crippen LogP contribution in [0.3, 0.4) is 0 Å². The SMILES string of the molecule is Nc1nccc(Br)c1-c1cccc(C(F)(F)F)c1.